The monoisotopic (exact) mass is 333 g/mol. The third-order valence-electron chi connectivity index (χ3n) is 2.90. The van der Waals surface area contributed by atoms with Gasteiger partial charge >= 0.3 is 0 Å². The fraction of sp³-hybridized carbons (Fsp3) is 0.462. The second-order valence-electron chi connectivity index (χ2n) is 4.85. The normalized spacial score (nSPS) is 12.1. The highest BCUT2D eigenvalue weighted by Crippen LogP contribution is 2.16. The second kappa shape index (κ2) is 6.57. The first-order valence-electron chi connectivity index (χ1n) is 6.42. The number of hydrogen-bond acceptors (Lipinski definition) is 5. The minimum atomic E-state index is -3.71. The van der Waals surface area contributed by atoms with E-state index in [2.05, 4.69) is 0 Å². The van der Waals surface area contributed by atoms with Gasteiger partial charge in [-0.05, 0) is 31.0 Å². The third kappa shape index (κ3) is 5.13. The minimum Gasteiger partial charge on any atom is -0.268 e. The molecule has 0 unspecified atom stereocenters. The lowest BCUT2D eigenvalue weighted by Crippen LogP contribution is -2.33. The van der Waals surface area contributed by atoms with Crippen molar-refractivity contribution in [2.24, 2.45) is 0 Å². The van der Waals surface area contributed by atoms with E-state index in [1.54, 1.807) is 6.92 Å². The van der Waals surface area contributed by atoms with Crippen molar-refractivity contribution >= 4 is 25.8 Å². The summed E-state index contributed by atoms with van der Waals surface area (Å²) in [6.07, 6.45) is 2.17. The van der Waals surface area contributed by atoms with Gasteiger partial charge in [0.1, 0.15) is 0 Å². The molecule has 21 heavy (non-hydrogen) atoms. The number of amides is 1. The van der Waals surface area contributed by atoms with E-state index in [4.69, 9.17) is 0 Å². The van der Waals surface area contributed by atoms with Gasteiger partial charge in [-0.1, -0.05) is 19.4 Å². The van der Waals surface area contributed by atoms with Gasteiger partial charge in [-0.25, -0.2) is 21.6 Å². The maximum atomic E-state index is 12.0. The van der Waals surface area contributed by atoms with Crippen LogP contribution in [-0.4, -0.2) is 34.8 Å². The Kier molecular flexibility index (Phi) is 5.52. The summed E-state index contributed by atoms with van der Waals surface area (Å²) in [6.45, 7) is 3.46. The molecule has 0 heterocycles. The first kappa shape index (κ1) is 17.6. The number of rotatable bonds is 6. The van der Waals surface area contributed by atoms with Crippen LogP contribution in [0.4, 0.5) is 0 Å². The average molecular weight is 333 g/mol. The summed E-state index contributed by atoms with van der Waals surface area (Å²) in [5.74, 6) is -0.950. The van der Waals surface area contributed by atoms with E-state index in [0.717, 1.165) is 6.26 Å². The van der Waals surface area contributed by atoms with E-state index in [1.165, 1.54) is 18.2 Å². The van der Waals surface area contributed by atoms with E-state index in [-0.39, 0.29) is 16.2 Å². The van der Waals surface area contributed by atoms with Gasteiger partial charge in [-0.15, -0.1) is 0 Å². The third-order valence-corrected chi connectivity index (χ3v) is 5.33. The maximum absolute atomic E-state index is 12.0. The van der Waals surface area contributed by atoms with Crippen molar-refractivity contribution in [1.29, 1.82) is 0 Å². The Hall–Kier alpha value is -1.41. The van der Waals surface area contributed by atoms with Crippen LogP contribution >= 0.6 is 0 Å². The molecule has 0 fully saturated rings. The molecule has 0 saturated carbocycles. The number of sulfonamides is 1. The van der Waals surface area contributed by atoms with Crippen molar-refractivity contribution < 1.29 is 21.6 Å². The predicted octanol–water partition coefficient (Wildman–Crippen LogP) is 1.26. The van der Waals surface area contributed by atoms with Crippen molar-refractivity contribution in [3.63, 3.8) is 0 Å². The SMILES string of the molecule is CCCCS(=O)(=O)NC(=O)c1cc(S(C)(=O)=O)ccc1C. The summed E-state index contributed by atoms with van der Waals surface area (Å²) in [7, 11) is -7.17. The first-order valence-corrected chi connectivity index (χ1v) is 9.96. The van der Waals surface area contributed by atoms with E-state index in [9.17, 15) is 21.6 Å². The van der Waals surface area contributed by atoms with Gasteiger partial charge in [-0.3, -0.25) is 4.79 Å². The average Bonchev–Trinajstić information content (AvgIpc) is 2.34. The Balaban J connectivity index is 3.08. The molecule has 1 rings (SSSR count). The molecule has 1 aromatic carbocycles. The Morgan fingerprint density at radius 1 is 1.19 bits per heavy atom. The molecule has 0 aliphatic carbocycles. The van der Waals surface area contributed by atoms with Crippen LogP contribution in [-0.2, 0) is 19.9 Å². The molecular weight excluding hydrogens is 314 g/mol. The molecule has 8 heteroatoms. The molecular formula is C13H19NO5S2. The predicted molar refractivity (Wildman–Crippen MR) is 80.4 cm³/mol. The summed E-state index contributed by atoms with van der Waals surface area (Å²) in [4.78, 5) is 12.0. The Morgan fingerprint density at radius 2 is 1.81 bits per heavy atom. The standard InChI is InChI=1S/C13H19NO5S2/c1-4-5-8-21(18,19)14-13(15)12-9-11(20(3,16)17)7-6-10(12)2/h6-7,9H,4-5,8H2,1-3H3,(H,14,15). The number of sulfone groups is 1. The molecule has 118 valence electrons. The summed E-state index contributed by atoms with van der Waals surface area (Å²) in [5.41, 5.74) is 0.545. The number of nitrogens with one attached hydrogen (secondary N) is 1. The fourth-order valence-corrected chi connectivity index (χ4v) is 3.47. The van der Waals surface area contributed by atoms with Crippen LogP contribution in [0.25, 0.3) is 0 Å². The summed E-state index contributed by atoms with van der Waals surface area (Å²) in [6, 6.07) is 4.05. The zero-order chi connectivity index (χ0) is 16.3. The van der Waals surface area contributed by atoms with E-state index in [0.29, 0.717) is 18.4 Å². The maximum Gasteiger partial charge on any atom is 0.265 e. The topological polar surface area (TPSA) is 97.4 Å². The summed E-state index contributed by atoms with van der Waals surface area (Å²) < 4.78 is 48.4. The van der Waals surface area contributed by atoms with Crippen LogP contribution in [0.5, 0.6) is 0 Å². The van der Waals surface area contributed by atoms with Gasteiger partial charge in [0.15, 0.2) is 9.84 Å². The quantitative estimate of drug-likeness (QED) is 0.845. The Morgan fingerprint density at radius 3 is 2.33 bits per heavy atom. The van der Waals surface area contributed by atoms with Crippen molar-refractivity contribution in [1.82, 2.24) is 4.72 Å². The fourth-order valence-electron chi connectivity index (χ4n) is 1.66. The van der Waals surface area contributed by atoms with Crippen LogP contribution in [0.3, 0.4) is 0 Å². The Bertz CT molecular complexity index is 736. The molecule has 0 aromatic heterocycles. The molecule has 0 bridgehead atoms. The number of unbranched alkanes of at least 4 members (excludes halogenated alkanes) is 1. The molecule has 0 saturated heterocycles. The van der Waals surface area contributed by atoms with Crippen molar-refractivity contribution in [3.05, 3.63) is 29.3 Å². The second-order valence-corrected chi connectivity index (χ2v) is 8.71. The lowest BCUT2D eigenvalue weighted by Gasteiger charge is -2.09. The van der Waals surface area contributed by atoms with Gasteiger partial charge in [-0.2, -0.15) is 0 Å². The number of benzene rings is 1. The first-order chi connectivity index (χ1) is 9.57. The van der Waals surface area contributed by atoms with Crippen LogP contribution in [0, 0.1) is 6.92 Å². The summed E-state index contributed by atoms with van der Waals surface area (Å²) >= 11 is 0. The molecule has 0 aliphatic heterocycles. The zero-order valence-electron chi connectivity index (χ0n) is 12.2. The molecule has 6 nitrogen and oxygen atoms in total. The number of hydrogen-bond donors (Lipinski definition) is 1. The molecule has 1 N–H and O–H groups in total. The zero-order valence-corrected chi connectivity index (χ0v) is 13.8. The number of aryl methyl sites for hydroxylation is 1. The molecule has 0 aliphatic rings. The van der Waals surface area contributed by atoms with Gasteiger partial charge in [0.05, 0.1) is 10.6 Å². The van der Waals surface area contributed by atoms with Crippen molar-refractivity contribution in [2.75, 3.05) is 12.0 Å². The largest absolute Gasteiger partial charge is 0.268 e. The molecule has 0 atom stereocenters. The van der Waals surface area contributed by atoms with Gasteiger partial charge in [0, 0.05) is 11.8 Å². The van der Waals surface area contributed by atoms with Crippen molar-refractivity contribution in [2.45, 2.75) is 31.6 Å². The van der Waals surface area contributed by atoms with Crippen LogP contribution < -0.4 is 4.72 Å². The molecule has 1 aromatic rings. The highest BCUT2D eigenvalue weighted by Gasteiger charge is 2.19. The van der Waals surface area contributed by atoms with E-state index in [1.807, 2.05) is 11.6 Å². The lowest BCUT2D eigenvalue weighted by molar-refractivity contribution is 0.0980. The number of carbonyl (C=O) groups excluding carboxylic acids is 1. The van der Waals surface area contributed by atoms with Gasteiger partial charge < -0.3 is 0 Å². The van der Waals surface area contributed by atoms with Crippen LogP contribution in [0.1, 0.15) is 35.7 Å². The summed E-state index contributed by atoms with van der Waals surface area (Å²) in [5, 5.41) is 0. The van der Waals surface area contributed by atoms with Crippen LogP contribution in [0.2, 0.25) is 0 Å². The minimum absolute atomic E-state index is 0.0239. The molecule has 1 amide bonds. The van der Waals surface area contributed by atoms with Gasteiger partial charge in [0.2, 0.25) is 10.0 Å². The Labute approximate surface area is 125 Å². The highest BCUT2D eigenvalue weighted by molar-refractivity contribution is 7.90. The smallest absolute Gasteiger partial charge is 0.265 e. The van der Waals surface area contributed by atoms with E-state index >= 15 is 0 Å². The van der Waals surface area contributed by atoms with Crippen molar-refractivity contribution in [3.8, 4) is 0 Å². The molecule has 0 radical (unpaired) electrons. The molecule has 0 spiro atoms. The van der Waals surface area contributed by atoms with E-state index < -0.39 is 25.8 Å². The van der Waals surface area contributed by atoms with Crippen LogP contribution in [0.15, 0.2) is 23.1 Å². The lowest BCUT2D eigenvalue weighted by atomic mass is 10.1. The highest BCUT2D eigenvalue weighted by atomic mass is 32.2. The number of carbonyl (C=O) groups is 1. The van der Waals surface area contributed by atoms with Gasteiger partial charge in [0.25, 0.3) is 5.91 Å².